The van der Waals surface area contributed by atoms with Gasteiger partial charge in [0.05, 0.1) is 42.5 Å². The third-order valence-electron chi connectivity index (χ3n) is 11.0. The van der Waals surface area contributed by atoms with Gasteiger partial charge in [-0.3, -0.25) is 4.57 Å². The van der Waals surface area contributed by atoms with Gasteiger partial charge in [-0.15, -0.1) is 11.3 Å². The van der Waals surface area contributed by atoms with Gasteiger partial charge in [0.1, 0.15) is 5.01 Å². The fraction of sp³-hybridized carbons (Fsp3) is 0. The number of hydrogen-bond donors (Lipinski definition) is 0. The third-order valence-corrected chi connectivity index (χ3v) is 13.0. The van der Waals surface area contributed by atoms with Crippen LogP contribution in [-0.2, 0) is 0 Å². The Labute approximate surface area is 335 Å². The Bertz CT molecular complexity index is 3430. The van der Waals surface area contributed by atoms with Gasteiger partial charge in [-0.2, -0.15) is 0 Å². The molecule has 0 aliphatic heterocycles. The molecule has 8 aromatic carbocycles. The van der Waals surface area contributed by atoms with Crippen LogP contribution in [0.25, 0.3) is 85.4 Å². The quantitative estimate of drug-likeness (QED) is 0.169. The number of para-hydroxylation sites is 5. The van der Waals surface area contributed by atoms with Gasteiger partial charge in [-0.05, 0) is 97.1 Å². The zero-order valence-electron chi connectivity index (χ0n) is 30.5. The largest absolute Gasteiger partial charge is 0.310 e. The molecule has 5 nitrogen and oxygen atoms in total. The van der Waals surface area contributed by atoms with Crippen molar-refractivity contribution in [2.24, 2.45) is 0 Å². The van der Waals surface area contributed by atoms with Crippen molar-refractivity contribution in [2.45, 2.75) is 0 Å². The molecule has 4 aromatic heterocycles. The molecule has 268 valence electrons. The zero-order chi connectivity index (χ0) is 37.5. The first-order valence-corrected chi connectivity index (χ1v) is 20.6. The smallest absolute Gasteiger partial charge is 0.195 e. The molecule has 0 amide bonds. The maximum Gasteiger partial charge on any atom is 0.195 e. The van der Waals surface area contributed by atoms with E-state index in [0.717, 1.165) is 58.9 Å². The minimum Gasteiger partial charge on any atom is -0.310 e. The van der Waals surface area contributed by atoms with Crippen molar-refractivity contribution in [2.75, 3.05) is 4.90 Å². The molecule has 0 unspecified atom stereocenters. The summed E-state index contributed by atoms with van der Waals surface area (Å²) in [6.07, 6.45) is 0. The molecule has 0 bridgehead atoms. The Morgan fingerprint density at radius 3 is 1.67 bits per heavy atom. The van der Waals surface area contributed by atoms with Crippen LogP contribution >= 0.6 is 22.7 Å². The summed E-state index contributed by atoms with van der Waals surface area (Å²) in [5.74, 6) is 0. The second-order valence-electron chi connectivity index (χ2n) is 14.3. The Kier molecular flexibility index (Phi) is 7.20. The van der Waals surface area contributed by atoms with Crippen LogP contribution in [0.5, 0.6) is 0 Å². The predicted molar refractivity (Wildman–Crippen MR) is 242 cm³/mol. The fourth-order valence-corrected chi connectivity index (χ4v) is 10.5. The Morgan fingerprint density at radius 1 is 0.386 bits per heavy atom. The molecule has 57 heavy (non-hydrogen) atoms. The number of thiazole rings is 2. The van der Waals surface area contributed by atoms with E-state index < -0.39 is 0 Å². The first-order chi connectivity index (χ1) is 28.2. The highest BCUT2D eigenvalue weighted by molar-refractivity contribution is 7.22. The lowest BCUT2D eigenvalue weighted by molar-refractivity contribution is 1.15. The number of aromatic nitrogens is 4. The molecule has 12 aromatic rings. The standard InChI is InChI=1S/C50H31N5S2/c1-3-13-33(14-4-1)53(35-25-28-46-40(30-35)39-19-9-10-20-43(39)54(46)34-15-5-2-6-16-34)36-24-27-41-48(31-36)56-49(51-41)32-23-26-42-47(29-32)57-50(52-42)55-44-21-11-7-17-37(44)38-18-8-12-22-45(38)55/h1-31H. The lowest BCUT2D eigenvalue weighted by Crippen LogP contribution is -2.09. The molecule has 0 spiro atoms. The third kappa shape index (κ3) is 5.13. The van der Waals surface area contributed by atoms with Crippen LogP contribution in [0.1, 0.15) is 0 Å². The van der Waals surface area contributed by atoms with E-state index in [1.807, 2.05) is 0 Å². The molecule has 0 saturated heterocycles. The van der Waals surface area contributed by atoms with E-state index in [0.29, 0.717) is 0 Å². The van der Waals surface area contributed by atoms with Crippen molar-refractivity contribution in [3.63, 3.8) is 0 Å². The second-order valence-corrected chi connectivity index (χ2v) is 16.3. The number of hydrogen-bond acceptors (Lipinski definition) is 5. The fourth-order valence-electron chi connectivity index (χ4n) is 8.43. The van der Waals surface area contributed by atoms with E-state index in [1.165, 1.54) is 43.6 Å². The summed E-state index contributed by atoms with van der Waals surface area (Å²) in [6.45, 7) is 0. The molecule has 4 heterocycles. The van der Waals surface area contributed by atoms with E-state index >= 15 is 0 Å². The van der Waals surface area contributed by atoms with E-state index in [2.05, 4.69) is 202 Å². The number of nitrogens with zero attached hydrogens (tertiary/aromatic N) is 5. The monoisotopic (exact) mass is 765 g/mol. The van der Waals surface area contributed by atoms with Gasteiger partial charge in [0.25, 0.3) is 0 Å². The van der Waals surface area contributed by atoms with Gasteiger partial charge < -0.3 is 9.47 Å². The van der Waals surface area contributed by atoms with Gasteiger partial charge in [-0.1, -0.05) is 102 Å². The number of anilines is 3. The highest BCUT2D eigenvalue weighted by Crippen LogP contribution is 2.42. The molecule has 0 atom stereocenters. The van der Waals surface area contributed by atoms with Crippen LogP contribution < -0.4 is 4.90 Å². The minimum atomic E-state index is 0.970. The maximum atomic E-state index is 5.16. The first kappa shape index (κ1) is 32.2. The van der Waals surface area contributed by atoms with Crippen molar-refractivity contribution >= 4 is 104 Å². The average Bonchev–Trinajstić information content (AvgIpc) is 4.04. The Morgan fingerprint density at radius 2 is 0.930 bits per heavy atom. The van der Waals surface area contributed by atoms with Crippen molar-refractivity contribution in [3.05, 3.63) is 188 Å². The molecule has 12 rings (SSSR count). The van der Waals surface area contributed by atoms with Crippen LogP contribution in [0.15, 0.2) is 188 Å². The Balaban J connectivity index is 0.950. The number of benzene rings is 8. The summed E-state index contributed by atoms with van der Waals surface area (Å²) in [7, 11) is 0. The van der Waals surface area contributed by atoms with E-state index in [9.17, 15) is 0 Å². The van der Waals surface area contributed by atoms with Crippen LogP contribution in [0.3, 0.4) is 0 Å². The topological polar surface area (TPSA) is 38.9 Å². The molecule has 0 aliphatic carbocycles. The van der Waals surface area contributed by atoms with Crippen LogP contribution in [0.2, 0.25) is 0 Å². The van der Waals surface area contributed by atoms with E-state index in [4.69, 9.17) is 9.97 Å². The van der Waals surface area contributed by atoms with Gasteiger partial charge in [-0.25, -0.2) is 9.97 Å². The normalized spacial score (nSPS) is 11.9. The van der Waals surface area contributed by atoms with Crippen molar-refractivity contribution in [3.8, 4) is 21.4 Å². The van der Waals surface area contributed by atoms with Gasteiger partial charge >= 0.3 is 0 Å². The second kappa shape index (κ2) is 12.7. The molecule has 0 fully saturated rings. The summed E-state index contributed by atoms with van der Waals surface area (Å²) in [5, 5.41) is 6.89. The highest BCUT2D eigenvalue weighted by atomic mass is 32.1. The first-order valence-electron chi connectivity index (χ1n) is 19.0. The molecule has 0 radical (unpaired) electrons. The van der Waals surface area contributed by atoms with Crippen LogP contribution in [0.4, 0.5) is 17.1 Å². The Hall–Kier alpha value is -7.06. The zero-order valence-corrected chi connectivity index (χ0v) is 32.1. The van der Waals surface area contributed by atoms with Crippen molar-refractivity contribution < 1.29 is 0 Å². The number of fused-ring (bicyclic) bond motifs is 8. The summed E-state index contributed by atoms with van der Waals surface area (Å²) >= 11 is 3.46. The molecule has 7 heteroatoms. The molecule has 0 N–H and O–H groups in total. The minimum absolute atomic E-state index is 0.970. The van der Waals surface area contributed by atoms with Gasteiger partial charge in [0, 0.05) is 49.9 Å². The maximum absolute atomic E-state index is 5.16. The predicted octanol–water partition coefficient (Wildman–Crippen LogP) is 14.2. The van der Waals surface area contributed by atoms with E-state index in [1.54, 1.807) is 22.7 Å². The molecular formula is C50H31N5S2. The number of rotatable bonds is 6. The summed E-state index contributed by atoms with van der Waals surface area (Å²) in [4.78, 5) is 12.6. The SMILES string of the molecule is c1ccc(N(c2ccc3nc(-c4ccc5nc(-n6c7ccccc7c7ccccc76)sc5c4)sc3c2)c2ccc3c(c2)c2ccccc2n3-c2ccccc2)cc1. The average molecular weight is 766 g/mol. The van der Waals surface area contributed by atoms with Gasteiger partial charge in [0.15, 0.2) is 5.13 Å². The lowest BCUT2D eigenvalue weighted by Gasteiger charge is -2.25. The highest BCUT2D eigenvalue weighted by Gasteiger charge is 2.20. The summed E-state index contributed by atoms with van der Waals surface area (Å²) in [6, 6.07) is 67.2. The lowest BCUT2D eigenvalue weighted by atomic mass is 10.1. The van der Waals surface area contributed by atoms with E-state index in [-0.39, 0.29) is 0 Å². The molecule has 0 saturated carbocycles. The van der Waals surface area contributed by atoms with Gasteiger partial charge in [0.2, 0.25) is 0 Å². The summed E-state index contributed by atoms with van der Waals surface area (Å²) in [5.41, 5.74) is 12.2. The van der Waals surface area contributed by atoms with Crippen molar-refractivity contribution in [1.29, 1.82) is 0 Å². The van der Waals surface area contributed by atoms with Crippen molar-refractivity contribution in [1.82, 2.24) is 19.1 Å². The molecule has 0 aliphatic rings. The van der Waals surface area contributed by atoms with Crippen LogP contribution in [0, 0.1) is 0 Å². The van der Waals surface area contributed by atoms with Crippen LogP contribution in [-0.4, -0.2) is 19.1 Å². The summed E-state index contributed by atoms with van der Waals surface area (Å²) < 4.78 is 6.94. The molecular weight excluding hydrogens is 735 g/mol.